The van der Waals surface area contributed by atoms with E-state index >= 15 is 0 Å². The zero-order valence-electron chi connectivity index (χ0n) is 8.79. The van der Waals surface area contributed by atoms with Gasteiger partial charge in [0.25, 0.3) is 7.52 Å². The Morgan fingerprint density at radius 3 is 2.07 bits per heavy atom. The van der Waals surface area contributed by atoms with Crippen molar-refractivity contribution >= 4 is 42.3 Å². The second kappa shape index (κ2) is 9.09. The first-order chi connectivity index (χ1) is 7.08. The van der Waals surface area contributed by atoms with Gasteiger partial charge in [0.05, 0.1) is 6.61 Å². The zero-order valence-corrected chi connectivity index (χ0v) is 12.0. The summed E-state index contributed by atoms with van der Waals surface area (Å²) in [5.41, 5.74) is 0. The fraction of sp³-hybridized carbons (Fsp3) is 1.00. The Kier molecular flexibility index (Phi) is 9.71. The van der Waals surface area contributed by atoms with E-state index in [4.69, 9.17) is 39.3 Å². The van der Waals surface area contributed by atoms with Crippen molar-refractivity contribution in [3.63, 3.8) is 0 Å². The second-order valence-electron chi connectivity index (χ2n) is 3.01. The molecular formula is C8H17Cl3NO2P. The summed E-state index contributed by atoms with van der Waals surface area (Å²) >= 11 is 16.7. The van der Waals surface area contributed by atoms with Crippen LogP contribution in [-0.4, -0.2) is 48.7 Å². The summed E-state index contributed by atoms with van der Waals surface area (Å²) in [7, 11) is -2.76. The molecule has 0 aromatic carbocycles. The molecule has 0 amide bonds. The van der Waals surface area contributed by atoms with Gasteiger partial charge < -0.3 is 4.52 Å². The van der Waals surface area contributed by atoms with Crippen LogP contribution in [0.3, 0.4) is 0 Å². The molecule has 92 valence electrons. The van der Waals surface area contributed by atoms with Crippen LogP contribution in [0.4, 0.5) is 0 Å². The molecule has 0 heterocycles. The summed E-state index contributed by atoms with van der Waals surface area (Å²) in [5.74, 6) is 1.33. The first-order valence-electron chi connectivity index (χ1n) is 4.74. The number of rotatable bonds is 9. The summed E-state index contributed by atoms with van der Waals surface area (Å²) in [6, 6.07) is 0. The lowest BCUT2D eigenvalue weighted by molar-refractivity contribution is 0.270. The van der Waals surface area contributed by atoms with Crippen molar-refractivity contribution in [1.82, 2.24) is 4.67 Å². The number of nitrogens with zero attached hydrogens (tertiary/aromatic N) is 1. The molecule has 7 heteroatoms. The van der Waals surface area contributed by atoms with Gasteiger partial charge in [-0.25, -0.2) is 4.67 Å². The van der Waals surface area contributed by atoms with E-state index in [0.29, 0.717) is 43.8 Å². The fourth-order valence-corrected chi connectivity index (χ4v) is 3.35. The molecule has 1 atom stereocenters. The van der Waals surface area contributed by atoms with Gasteiger partial charge in [0.2, 0.25) is 0 Å². The van der Waals surface area contributed by atoms with Gasteiger partial charge in [-0.3, -0.25) is 4.57 Å². The van der Waals surface area contributed by atoms with Gasteiger partial charge in [0.15, 0.2) is 0 Å². The Bertz CT molecular complexity index is 200. The summed E-state index contributed by atoms with van der Waals surface area (Å²) in [4.78, 5) is 0. The highest BCUT2D eigenvalue weighted by Crippen LogP contribution is 2.46. The number of hydrogen-bond acceptors (Lipinski definition) is 2. The Balaban J connectivity index is 4.15. The van der Waals surface area contributed by atoms with E-state index in [2.05, 4.69) is 0 Å². The molecule has 0 saturated carbocycles. The van der Waals surface area contributed by atoms with Gasteiger partial charge in [-0.05, 0) is 6.42 Å². The van der Waals surface area contributed by atoms with Crippen LogP contribution in [0.1, 0.15) is 6.42 Å². The van der Waals surface area contributed by atoms with Gasteiger partial charge in [0, 0.05) is 37.4 Å². The van der Waals surface area contributed by atoms with E-state index < -0.39 is 7.52 Å². The van der Waals surface area contributed by atoms with Crippen molar-refractivity contribution in [2.45, 2.75) is 6.42 Å². The highest BCUT2D eigenvalue weighted by atomic mass is 35.5. The average Bonchev–Trinajstić information content (AvgIpc) is 2.18. The lowest BCUT2D eigenvalue weighted by atomic mass is 10.5. The number of alkyl halides is 3. The molecule has 0 aromatic heterocycles. The predicted octanol–water partition coefficient (Wildman–Crippen LogP) is 3.23. The summed E-state index contributed by atoms with van der Waals surface area (Å²) in [6.45, 7) is 3.02. The topological polar surface area (TPSA) is 29.5 Å². The van der Waals surface area contributed by atoms with Crippen LogP contribution in [0.5, 0.6) is 0 Å². The highest BCUT2D eigenvalue weighted by molar-refractivity contribution is 7.55. The molecule has 0 rings (SSSR count). The molecule has 0 spiro atoms. The molecule has 0 aliphatic carbocycles. The maximum absolute atomic E-state index is 12.1. The van der Waals surface area contributed by atoms with Crippen LogP contribution in [0.15, 0.2) is 0 Å². The van der Waals surface area contributed by atoms with Crippen LogP contribution in [0, 0.1) is 0 Å². The van der Waals surface area contributed by atoms with Crippen molar-refractivity contribution < 1.29 is 9.09 Å². The molecule has 3 nitrogen and oxygen atoms in total. The van der Waals surface area contributed by atoms with Crippen LogP contribution in [0.25, 0.3) is 0 Å². The van der Waals surface area contributed by atoms with Crippen LogP contribution in [0.2, 0.25) is 0 Å². The zero-order chi connectivity index (χ0) is 11.7. The first kappa shape index (κ1) is 16.0. The van der Waals surface area contributed by atoms with Crippen molar-refractivity contribution in [3.05, 3.63) is 0 Å². The minimum Gasteiger partial charge on any atom is -0.318 e. The van der Waals surface area contributed by atoms with Crippen LogP contribution >= 0.6 is 42.3 Å². The second-order valence-corrected chi connectivity index (χ2v) is 6.57. The van der Waals surface area contributed by atoms with E-state index in [0.717, 1.165) is 0 Å². The molecule has 0 unspecified atom stereocenters. The monoisotopic (exact) mass is 295 g/mol. The molecule has 0 N–H and O–H groups in total. The largest absolute Gasteiger partial charge is 0.318 e. The maximum atomic E-state index is 12.1. The quantitative estimate of drug-likeness (QED) is 0.372. The standard InChI is InChI=1S/C8H17Cl3NO2P/c1-15(13,14-8-2-3-9)12(6-4-10)7-5-11/h2-8H2,1H3/t15-/m1/s1. The first-order valence-corrected chi connectivity index (χ1v) is 8.36. The fourth-order valence-electron chi connectivity index (χ4n) is 1.04. The molecular weight excluding hydrogens is 279 g/mol. The van der Waals surface area contributed by atoms with E-state index in [1.807, 2.05) is 0 Å². The Labute approximate surface area is 107 Å². The number of hydrogen-bond donors (Lipinski definition) is 0. The molecule has 0 saturated heterocycles. The molecule has 0 fully saturated rings. The van der Waals surface area contributed by atoms with Crippen molar-refractivity contribution in [2.75, 3.05) is 44.0 Å². The average molecular weight is 297 g/mol. The molecule has 0 aromatic rings. The third kappa shape index (κ3) is 7.04. The Hall–Kier alpha value is 1.02. The SMILES string of the molecule is C[P@@](=O)(OCCCCl)N(CCCl)CCCl. The summed E-state index contributed by atoms with van der Waals surface area (Å²) in [6.07, 6.45) is 0.689. The lowest BCUT2D eigenvalue weighted by Crippen LogP contribution is -2.25. The van der Waals surface area contributed by atoms with Gasteiger partial charge in [-0.1, -0.05) is 0 Å². The third-order valence-electron chi connectivity index (χ3n) is 1.81. The molecule has 15 heavy (non-hydrogen) atoms. The molecule has 0 radical (unpaired) electrons. The van der Waals surface area contributed by atoms with Crippen LogP contribution < -0.4 is 0 Å². The summed E-state index contributed by atoms with van der Waals surface area (Å²) in [5, 5.41) is 0. The minimum absolute atomic E-state index is 0.401. The van der Waals surface area contributed by atoms with Gasteiger partial charge in [0.1, 0.15) is 0 Å². The lowest BCUT2D eigenvalue weighted by Gasteiger charge is -2.27. The van der Waals surface area contributed by atoms with Gasteiger partial charge in [-0.15, -0.1) is 34.8 Å². The maximum Gasteiger partial charge on any atom is 0.269 e. The smallest absolute Gasteiger partial charge is 0.269 e. The van der Waals surface area contributed by atoms with Crippen LogP contribution in [-0.2, 0) is 9.09 Å². The molecule has 0 aliphatic rings. The predicted molar refractivity (Wildman–Crippen MR) is 67.8 cm³/mol. The minimum atomic E-state index is -2.76. The normalized spacial score (nSPS) is 15.5. The third-order valence-corrected chi connectivity index (χ3v) is 4.50. The highest BCUT2D eigenvalue weighted by Gasteiger charge is 2.24. The van der Waals surface area contributed by atoms with Gasteiger partial charge >= 0.3 is 0 Å². The van der Waals surface area contributed by atoms with E-state index in [9.17, 15) is 4.57 Å². The van der Waals surface area contributed by atoms with Crippen molar-refractivity contribution in [2.24, 2.45) is 0 Å². The van der Waals surface area contributed by atoms with E-state index in [1.54, 1.807) is 11.3 Å². The van der Waals surface area contributed by atoms with Crippen molar-refractivity contribution in [3.8, 4) is 0 Å². The molecule has 0 aliphatic heterocycles. The summed E-state index contributed by atoms with van der Waals surface area (Å²) < 4.78 is 19.1. The van der Waals surface area contributed by atoms with E-state index in [-0.39, 0.29) is 0 Å². The number of halogens is 3. The Morgan fingerprint density at radius 2 is 1.67 bits per heavy atom. The van der Waals surface area contributed by atoms with E-state index in [1.165, 1.54) is 0 Å². The van der Waals surface area contributed by atoms with Gasteiger partial charge in [-0.2, -0.15) is 0 Å². The van der Waals surface area contributed by atoms with Crippen molar-refractivity contribution in [1.29, 1.82) is 0 Å². The Morgan fingerprint density at radius 1 is 1.13 bits per heavy atom. The molecule has 0 bridgehead atoms.